The van der Waals surface area contributed by atoms with E-state index in [1.807, 2.05) is 10.9 Å². The maximum Gasteiger partial charge on any atom is 0.150 e. The molecule has 0 N–H and O–H groups in total. The predicted octanol–water partition coefficient (Wildman–Crippen LogP) is 3.28. The van der Waals surface area contributed by atoms with Crippen molar-refractivity contribution in [3.63, 3.8) is 0 Å². The summed E-state index contributed by atoms with van der Waals surface area (Å²) in [5.74, 6) is 0. The average Bonchev–Trinajstić information content (AvgIpc) is 3.22. The van der Waals surface area contributed by atoms with E-state index in [9.17, 15) is 0 Å². The van der Waals surface area contributed by atoms with Gasteiger partial charge < -0.3 is 9.47 Å². The zero-order valence-corrected chi connectivity index (χ0v) is 13.2. The molecule has 0 amide bonds. The Bertz CT molecular complexity index is 803. The summed E-state index contributed by atoms with van der Waals surface area (Å²) in [7, 11) is 1.75. The third-order valence-electron chi connectivity index (χ3n) is 5.10. The Morgan fingerprint density at radius 2 is 2.26 bits per heavy atom. The largest absolute Gasteiger partial charge is 0.370 e. The highest BCUT2D eigenvalue weighted by atomic mass is 16.5. The molecular formula is C18H19N3O2. The number of methoxy groups -OCH3 is 1. The van der Waals surface area contributed by atoms with Crippen LogP contribution in [0, 0.1) is 0 Å². The van der Waals surface area contributed by atoms with Gasteiger partial charge in [-0.25, -0.2) is 4.68 Å². The maximum absolute atomic E-state index is 5.90. The number of aromatic nitrogens is 3. The molecule has 1 aliphatic heterocycles. The fraction of sp³-hybridized carbons (Fsp3) is 0.444. The van der Waals surface area contributed by atoms with Crippen LogP contribution in [0.5, 0.6) is 0 Å². The van der Waals surface area contributed by atoms with Crippen LogP contribution in [0.4, 0.5) is 0 Å². The van der Waals surface area contributed by atoms with E-state index >= 15 is 0 Å². The number of hydrogen-bond acceptors (Lipinski definition) is 4. The van der Waals surface area contributed by atoms with Crippen LogP contribution in [0.25, 0.3) is 16.7 Å². The first-order chi connectivity index (χ1) is 11.4. The van der Waals surface area contributed by atoms with Crippen molar-refractivity contribution in [1.29, 1.82) is 0 Å². The van der Waals surface area contributed by atoms with E-state index in [2.05, 4.69) is 23.3 Å². The van der Waals surface area contributed by atoms with Crippen LogP contribution in [-0.4, -0.2) is 28.5 Å². The van der Waals surface area contributed by atoms with Gasteiger partial charge in [-0.15, -0.1) is 0 Å². The molecule has 3 heterocycles. The lowest BCUT2D eigenvalue weighted by Gasteiger charge is -2.24. The number of nitrogens with zero attached hydrogens (tertiary/aromatic N) is 3. The Labute approximate surface area is 134 Å². The highest BCUT2D eigenvalue weighted by Gasteiger charge is 2.36. The van der Waals surface area contributed by atoms with E-state index in [-0.39, 0.29) is 12.3 Å². The van der Waals surface area contributed by atoms with Crippen molar-refractivity contribution in [3.8, 4) is 11.1 Å². The molecule has 0 radical (unpaired) electrons. The van der Waals surface area contributed by atoms with Gasteiger partial charge >= 0.3 is 0 Å². The molecule has 118 valence electrons. The summed E-state index contributed by atoms with van der Waals surface area (Å²) in [5.41, 5.74) is 6.99. The van der Waals surface area contributed by atoms with Crippen LogP contribution >= 0.6 is 0 Å². The SMILES string of the molecule is COC1C2=CCc3nccc(c32)-c2cn(C3CCCCO3)nc21. The highest BCUT2D eigenvalue weighted by molar-refractivity contribution is 5.92. The van der Waals surface area contributed by atoms with Gasteiger partial charge in [0.2, 0.25) is 0 Å². The summed E-state index contributed by atoms with van der Waals surface area (Å²) < 4.78 is 13.7. The smallest absolute Gasteiger partial charge is 0.150 e. The summed E-state index contributed by atoms with van der Waals surface area (Å²) >= 11 is 0. The average molecular weight is 309 g/mol. The van der Waals surface area contributed by atoms with Gasteiger partial charge in [0.25, 0.3) is 0 Å². The van der Waals surface area contributed by atoms with Gasteiger partial charge in [-0.2, -0.15) is 5.10 Å². The molecular weight excluding hydrogens is 290 g/mol. The van der Waals surface area contributed by atoms with Gasteiger partial charge in [-0.3, -0.25) is 4.98 Å². The molecule has 5 rings (SSSR count). The first-order valence-corrected chi connectivity index (χ1v) is 8.29. The Kier molecular flexibility index (Phi) is 2.93. The van der Waals surface area contributed by atoms with Crippen molar-refractivity contribution < 1.29 is 9.47 Å². The number of allylic oxidation sites excluding steroid dienone is 1. The van der Waals surface area contributed by atoms with E-state index in [0.29, 0.717) is 0 Å². The van der Waals surface area contributed by atoms with Gasteiger partial charge in [0.15, 0.2) is 0 Å². The molecule has 3 aliphatic rings. The summed E-state index contributed by atoms with van der Waals surface area (Å²) in [6.07, 6.45) is 10.4. The minimum absolute atomic E-state index is 0.0481. The number of rotatable bonds is 2. The van der Waals surface area contributed by atoms with E-state index in [0.717, 1.165) is 42.8 Å². The second-order valence-electron chi connectivity index (χ2n) is 6.39. The molecule has 1 saturated heterocycles. The van der Waals surface area contributed by atoms with Crippen molar-refractivity contribution in [2.45, 2.75) is 38.0 Å². The van der Waals surface area contributed by atoms with Crippen molar-refractivity contribution in [1.82, 2.24) is 14.8 Å². The van der Waals surface area contributed by atoms with Crippen LogP contribution in [0.15, 0.2) is 24.5 Å². The Morgan fingerprint density at radius 1 is 1.30 bits per heavy atom. The summed E-state index contributed by atoms with van der Waals surface area (Å²) in [4.78, 5) is 4.53. The third-order valence-corrected chi connectivity index (χ3v) is 5.10. The van der Waals surface area contributed by atoms with Crippen molar-refractivity contribution >= 4 is 5.57 Å². The third kappa shape index (κ3) is 1.87. The lowest BCUT2D eigenvalue weighted by molar-refractivity contribution is -0.0400. The molecule has 0 bridgehead atoms. The molecule has 0 aromatic carbocycles. The van der Waals surface area contributed by atoms with Crippen molar-refractivity contribution in [3.05, 3.63) is 41.5 Å². The number of fused-ring (bicyclic) bond motifs is 2. The summed E-state index contributed by atoms with van der Waals surface area (Å²) in [5, 5.41) is 4.85. The monoisotopic (exact) mass is 309 g/mol. The molecule has 2 aromatic heterocycles. The number of hydrogen-bond donors (Lipinski definition) is 0. The van der Waals surface area contributed by atoms with Gasteiger partial charge in [-0.1, -0.05) is 6.08 Å². The lowest BCUT2D eigenvalue weighted by Crippen LogP contribution is -2.19. The second kappa shape index (κ2) is 5.01. The number of pyridine rings is 1. The topological polar surface area (TPSA) is 49.2 Å². The van der Waals surface area contributed by atoms with E-state index in [1.54, 1.807) is 7.11 Å². The molecule has 2 atom stereocenters. The molecule has 2 aliphatic carbocycles. The molecule has 5 nitrogen and oxygen atoms in total. The van der Waals surface area contributed by atoms with Crippen LogP contribution in [-0.2, 0) is 15.9 Å². The molecule has 2 aromatic rings. The Hall–Kier alpha value is -1.98. The zero-order valence-electron chi connectivity index (χ0n) is 13.2. The second-order valence-corrected chi connectivity index (χ2v) is 6.39. The molecule has 0 saturated carbocycles. The molecule has 0 spiro atoms. The first-order valence-electron chi connectivity index (χ1n) is 8.29. The van der Waals surface area contributed by atoms with Gasteiger partial charge in [-0.05, 0) is 36.5 Å². The summed E-state index contributed by atoms with van der Waals surface area (Å²) in [6.45, 7) is 0.818. The van der Waals surface area contributed by atoms with Crippen LogP contribution < -0.4 is 0 Å². The Balaban J connectivity index is 1.67. The lowest BCUT2D eigenvalue weighted by atomic mass is 9.86. The predicted molar refractivity (Wildman–Crippen MR) is 85.7 cm³/mol. The first kappa shape index (κ1) is 13.5. The highest BCUT2D eigenvalue weighted by Crippen LogP contribution is 2.49. The number of ether oxygens (including phenoxy) is 2. The fourth-order valence-corrected chi connectivity index (χ4v) is 4.03. The molecule has 1 fully saturated rings. The molecule has 23 heavy (non-hydrogen) atoms. The van der Waals surface area contributed by atoms with Crippen LogP contribution in [0.3, 0.4) is 0 Å². The maximum atomic E-state index is 5.90. The van der Waals surface area contributed by atoms with Gasteiger partial charge in [0, 0.05) is 43.7 Å². The van der Waals surface area contributed by atoms with Crippen molar-refractivity contribution in [2.75, 3.05) is 13.7 Å². The fourth-order valence-electron chi connectivity index (χ4n) is 4.03. The van der Waals surface area contributed by atoms with Gasteiger partial charge in [0.1, 0.15) is 18.0 Å². The van der Waals surface area contributed by atoms with Crippen molar-refractivity contribution in [2.24, 2.45) is 0 Å². The van der Waals surface area contributed by atoms with E-state index < -0.39 is 0 Å². The molecule has 2 unspecified atom stereocenters. The molecule has 5 heteroatoms. The van der Waals surface area contributed by atoms with Gasteiger partial charge in [0.05, 0.1) is 5.69 Å². The normalized spacial score (nSPS) is 25.0. The van der Waals surface area contributed by atoms with Crippen LogP contribution in [0.2, 0.25) is 0 Å². The minimum Gasteiger partial charge on any atom is -0.370 e. The Morgan fingerprint density at radius 3 is 3.09 bits per heavy atom. The standard InChI is InChI=1S/C18H19N3O2/c1-22-18-12-5-6-14-16(12)11(7-8-19-14)13-10-21(20-17(13)18)15-4-2-3-9-23-15/h5,7-8,10,15,18H,2-4,6,9H2,1H3. The minimum atomic E-state index is -0.104. The zero-order chi connectivity index (χ0) is 15.4. The van der Waals surface area contributed by atoms with Crippen LogP contribution in [0.1, 0.15) is 48.5 Å². The van der Waals surface area contributed by atoms with E-state index in [1.165, 1.54) is 23.1 Å². The quantitative estimate of drug-likeness (QED) is 0.854. The summed E-state index contributed by atoms with van der Waals surface area (Å²) in [6, 6.07) is 2.09. The van der Waals surface area contributed by atoms with E-state index in [4.69, 9.17) is 14.6 Å².